The molecule has 4 rings (SSSR count). The highest BCUT2D eigenvalue weighted by Gasteiger charge is 2.21. The third kappa shape index (κ3) is 5.04. The molecule has 11 heteroatoms. The van der Waals surface area contributed by atoms with Crippen LogP contribution in [-0.2, 0) is 10.0 Å². The molecule has 4 aromatic rings. The first-order chi connectivity index (χ1) is 15.9. The molecule has 2 aromatic heterocycles. The molecule has 0 unspecified atom stereocenters. The molecule has 0 fully saturated rings. The molecule has 0 aliphatic heterocycles. The molecule has 0 bridgehead atoms. The first kappa shape index (κ1) is 22.1. The Balaban J connectivity index is 1.53. The van der Waals surface area contributed by atoms with Gasteiger partial charge in [-0.05, 0) is 49.4 Å². The number of hydrogen-bond acceptors (Lipinski definition) is 8. The second-order valence-electron chi connectivity index (χ2n) is 6.81. The van der Waals surface area contributed by atoms with Gasteiger partial charge in [0, 0.05) is 30.2 Å². The quantitative estimate of drug-likeness (QED) is 0.418. The minimum atomic E-state index is -3.92. The van der Waals surface area contributed by atoms with Gasteiger partial charge in [-0.2, -0.15) is 10.1 Å². The van der Waals surface area contributed by atoms with E-state index >= 15 is 0 Å². The molecule has 0 aliphatic rings. The number of methoxy groups -OCH3 is 2. The van der Waals surface area contributed by atoms with Crippen LogP contribution in [0.25, 0.3) is 5.82 Å². The molecule has 0 radical (unpaired) electrons. The van der Waals surface area contributed by atoms with Gasteiger partial charge in [0.2, 0.25) is 5.88 Å². The highest BCUT2D eigenvalue weighted by molar-refractivity contribution is 7.92. The highest BCUT2D eigenvalue weighted by Crippen LogP contribution is 2.30. The van der Waals surface area contributed by atoms with Crippen molar-refractivity contribution in [3.05, 3.63) is 72.8 Å². The van der Waals surface area contributed by atoms with Crippen LogP contribution in [0.5, 0.6) is 23.1 Å². The van der Waals surface area contributed by atoms with E-state index in [1.807, 2.05) is 0 Å². The molecule has 2 aromatic carbocycles. The fourth-order valence-electron chi connectivity index (χ4n) is 3.02. The maximum absolute atomic E-state index is 12.9. The standard InChI is InChI=1S/C22H21N5O5S/c1-15-24-21(27-12-4-11-23-27)14-22(25-15)32-17-7-5-16(6-8-17)26-33(28,29)20-13-18(30-2)9-10-19(20)31-3/h4-14,26H,1-3H3. The van der Waals surface area contributed by atoms with Crippen molar-refractivity contribution < 1.29 is 22.6 Å². The maximum Gasteiger partial charge on any atom is 0.265 e. The number of nitrogens with zero attached hydrogens (tertiary/aromatic N) is 4. The maximum atomic E-state index is 12.9. The van der Waals surface area contributed by atoms with E-state index in [0.717, 1.165) is 0 Å². The zero-order chi connectivity index (χ0) is 23.4. The van der Waals surface area contributed by atoms with Gasteiger partial charge in [-0.3, -0.25) is 4.72 Å². The van der Waals surface area contributed by atoms with E-state index in [1.165, 1.54) is 26.4 Å². The van der Waals surface area contributed by atoms with E-state index in [0.29, 0.717) is 34.7 Å². The number of aryl methyl sites for hydroxylation is 1. The lowest BCUT2D eigenvalue weighted by Gasteiger charge is -2.13. The summed E-state index contributed by atoms with van der Waals surface area (Å²) in [6, 6.07) is 14.4. The van der Waals surface area contributed by atoms with Gasteiger partial charge in [-0.25, -0.2) is 18.1 Å². The lowest BCUT2D eigenvalue weighted by Crippen LogP contribution is -2.14. The van der Waals surface area contributed by atoms with Gasteiger partial charge in [0.15, 0.2) is 5.82 Å². The fourth-order valence-corrected chi connectivity index (χ4v) is 4.26. The Morgan fingerprint density at radius 1 is 0.939 bits per heavy atom. The lowest BCUT2D eigenvalue weighted by atomic mass is 10.3. The number of aromatic nitrogens is 4. The van der Waals surface area contributed by atoms with Crippen LogP contribution in [0.2, 0.25) is 0 Å². The van der Waals surface area contributed by atoms with Crippen LogP contribution >= 0.6 is 0 Å². The molecule has 0 atom stereocenters. The summed E-state index contributed by atoms with van der Waals surface area (Å²) in [6.45, 7) is 1.75. The number of nitrogens with one attached hydrogen (secondary N) is 1. The average molecular weight is 468 g/mol. The number of hydrogen-bond donors (Lipinski definition) is 1. The lowest BCUT2D eigenvalue weighted by molar-refractivity contribution is 0.392. The van der Waals surface area contributed by atoms with Crippen molar-refractivity contribution in [1.82, 2.24) is 19.7 Å². The first-order valence-corrected chi connectivity index (χ1v) is 11.2. The van der Waals surface area contributed by atoms with Crippen molar-refractivity contribution in [2.75, 3.05) is 18.9 Å². The molecule has 0 saturated carbocycles. The van der Waals surface area contributed by atoms with Gasteiger partial charge in [-0.15, -0.1) is 0 Å². The Kier molecular flexibility index (Phi) is 6.13. The van der Waals surface area contributed by atoms with E-state index in [4.69, 9.17) is 14.2 Å². The SMILES string of the molecule is COc1ccc(OC)c(S(=O)(=O)Nc2ccc(Oc3cc(-n4cccn4)nc(C)n3)cc2)c1. The largest absolute Gasteiger partial charge is 0.497 e. The number of ether oxygens (including phenoxy) is 3. The van der Waals surface area contributed by atoms with Crippen molar-refractivity contribution in [3.63, 3.8) is 0 Å². The number of rotatable bonds is 8. The van der Waals surface area contributed by atoms with E-state index in [2.05, 4.69) is 19.8 Å². The first-order valence-electron chi connectivity index (χ1n) is 9.76. The summed E-state index contributed by atoms with van der Waals surface area (Å²) in [7, 11) is -1.06. The Morgan fingerprint density at radius 2 is 1.70 bits per heavy atom. The van der Waals surface area contributed by atoms with Crippen LogP contribution in [0.15, 0.2) is 71.9 Å². The second kappa shape index (κ2) is 9.17. The van der Waals surface area contributed by atoms with Gasteiger partial charge in [-0.1, -0.05) is 0 Å². The van der Waals surface area contributed by atoms with E-state index in [1.54, 1.807) is 66.5 Å². The molecule has 10 nitrogen and oxygen atoms in total. The van der Waals surface area contributed by atoms with Crippen LogP contribution in [0.1, 0.15) is 5.82 Å². The van der Waals surface area contributed by atoms with Gasteiger partial charge in [0.05, 0.1) is 14.2 Å². The summed E-state index contributed by atoms with van der Waals surface area (Å²) < 4.78 is 46.1. The monoisotopic (exact) mass is 467 g/mol. The summed E-state index contributed by atoms with van der Waals surface area (Å²) in [6.07, 6.45) is 3.42. The Hall–Kier alpha value is -4.12. The molecular weight excluding hydrogens is 446 g/mol. The van der Waals surface area contributed by atoms with E-state index in [9.17, 15) is 8.42 Å². The second-order valence-corrected chi connectivity index (χ2v) is 8.46. The van der Waals surface area contributed by atoms with Crippen molar-refractivity contribution in [1.29, 1.82) is 0 Å². The molecule has 2 heterocycles. The highest BCUT2D eigenvalue weighted by atomic mass is 32.2. The summed E-state index contributed by atoms with van der Waals surface area (Å²) in [5.41, 5.74) is 0.350. The smallest absolute Gasteiger partial charge is 0.265 e. The minimum absolute atomic E-state index is 0.0349. The van der Waals surface area contributed by atoms with Crippen molar-refractivity contribution in [2.45, 2.75) is 11.8 Å². The van der Waals surface area contributed by atoms with Crippen molar-refractivity contribution in [3.8, 4) is 28.9 Å². The average Bonchev–Trinajstić information content (AvgIpc) is 3.34. The number of anilines is 1. The predicted octanol–water partition coefficient (Wildman–Crippen LogP) is 3.58. The predicted molar refractivity (Wildman–Crippen MR) is 121 cm³/mol. The zero-order valence-corrected chi connectivity index (χ0v) is 18.9. The normalized spacial score (nSPS) is 11.1. The van der Waals surface area contributed by atoms with Gasteiger partial charge in [0.1, 0.15) is 28.0 Å². The van der Waals surface area contributed by atoms with Crippen LogP contribution in [0.4, 0.5) is 5.69 Å². The van der Waals surface area contributed by atoms with Crippen molar-refractivity contribution >= 4 is 15.7 Å². The Bertz CT molecular complexity index is 1360. The molecule has 1 N–H and O–H groups in total. The molecular formula is C22H21N5O5S. The molecule has 33 heavy (non-hydrogen) atoms. The minimum Gasteiger partial charge on any atom is -0.497 e. The number of benzene rings is 2. The van der Waals surface area contributed by atoms with Crippen LogP contribution in [0, 0.1) is 6.92 Å². The Labute approximate surface area is 190 Å². The summed E-state index contributed by atoms with van der Waals surface area (Å²) in [5, 5.41) is 4.16. The van der Waals surface area contributed by atoms with Gasteiger partial charge in [0.25, 0.3) is 10.0 Å². The third-order valence-corrected chi connectivity index (χ3v) is 5.93. The van der Waals surface area contributed by atoms with Gasteiger partial charge < -0.3 is 14.2 Å². The van der Waals surface area contributed by atoms with Crippen molar-refractivity contribution in [2.24, 2.45) is 0 Å². The third-order valence-electron chi connectivity index (χ3n) is 4.53. The summed E-state index contributed by atoms with van der Waals surface area (Å²) in [5.74, 6) is 2.50. The van der Waals surface area contributed by atoms with Crippen LogP contribution in [-0.4, -0.2) is 42.4 Å². The molecule has 0 aliphatic carbocycles. The molecule has 0 saturated heterocycles. The molecule has 0 spiro atoms. The molecule has 170 valence electrons. The number of sulfonamides is 1. The zero-order valence-electron chi connectivity index (χ0n) is 18.1. The summed E-state index contributed by atoms with van der Waals surface area (Å²) in [4.78, 5) is 8.59. The molecule has 0 amide bonds. The van der Waals surface area contributed by atoms with Crippen LogP contribution < -0.4 is 18.9 Å². The topological polar surface area (TPSA) is 117 Å². The van der Waals surface area contributed by atoms with E-state index < -0.39 is 10.0 Å². The fraction of sp³-hybridized carbons (Fsp3) is 0.136. The van der Waals surface area contributed by atoms with Gasteiger partial charge >= 0.3 is 0 Å². The van der Waals surface area contributed by atoms with E-state index in [-0.39, 0.29) is 10.6 Å². The summed E-state index contributed by atoms with van der Waals surface area (Å²) >= 11 is 0. The Morgan fingerprint density at radius 3 is 2.36 bits per heavy atom. The van der Waals surface area contributed by atoms with Crippen LogP contribution in [0.3, 0.4) is 0 Å².